The number of rotatable bonds is 4. The minimum absolute atomic E-state index is 0.0352. The van der Waals surface area contributed by atoms with Crippen LogP contribution in [0.15, 0.2) is 16.8 Å². The van der Waals surface area contributed by atoms with Gasteiger partial charge in [-0.25, -0.2) is 0 Å². The van der Waals surface area contributed by atoms with Crippen LogP contribution in [0.5, 0.6) is 0 Å². The third kappa shape index (κ3) is 3.23. The van der Waals surface area contributed by atoms with Gasteiger partial charge in [-0.3, -0.25) is 4.79 Å². The molecule has 2 N–H and O–H groups in total. The molecule has 2 aliphatic rings. The topological polar surface area (TPSA) is 41.1 Å². The van der Waals surface area contributed by atoms with Crippen molar-refractivity contribution in [2.45, 2.75) is 63.6 Å². The molecule has 0 aromatic carbocycles. The minimum Gasteiger partial charge on any atom is -0.352 e. The highest BCUT2D eigenvalue weighted by Crippen LogP contribution is 2.33. The van der Waals surface area contributed by atoms with E-state index in [9.17, 15) is 4.79 Å². The number of nitrogens with one attached hydrogen (secondary N) is 2. The lowest BCUT2D eigenvalue weighted by Gasteiger charge is -2.24. The van der Waals surface area contributed by atoms with Gasteiger partial charge < -0.3 is 10.6 Å². The van der Waals surface area contributed by atoms with Gasteiger partial charge in [-0.2, -0.15) is 11.3 Å². The Hall–Kier alpha value is -0.870. The van der Waals surface area contributed by atoms with Crippen LogP contribution < -0.4 is 10.6 Å². The molecule has 0 radical (unpaired) electrons. The second kappa shape index (κ2) is 6.27. The Balaban J connectivity index is 1.49. The molecule has 1 saturated heterocycles. The molecule has 2 fully saturated rings. The molecule has 20 heavy (non-hydrogen) atoms. The van der Waals surface area contributed by atoms with E-state index in [1.807, 2.05) is 0 Å². The fourth-order valence-corrected chi connectivity index (χ4v) is 4.36. The Kier molecular flexibility index (Phi) is 4.41. The van der Waals surface area contributed by atoms with Crippen LogP contribution in [0.4, 0.5) is 0 Å². The van der Waals surface area contributed by atoms with Crippen molar-refractivity contribution in [3.05, 3.63) is 22.4 Å². The van der Waals surface area contributed by atoms with Gasteiger partial charge in [0.15, 0.2) is 0 Å². The quantitative estimate of drug-likeness (QED) is 0.896. The van der Waals surface area contributed by atoms with Crippen LogP contribution in [-0.2, 0) is 11.2 Å². The zero-order valence-electron chi connectivity index (χ0n) is 12.1. The van der Waals surface area contributed by atoms with Crippen molar-refractivity contribution in [1.82, 2.24) is 10.6 Å². The number of thiophene rings is 1. The maximum Gasteiger partial charge on any atom is 0.237 e. The van der Waals surface area contributed by atoms with Crippen LogP contribution in [-0.4, -0.2) is 24.0 Å². The molecule has 3 rings (SSSR count). The van der Waals surface area contributed by atoms with Gasteiger partial charge in [0.05, 0.1) is 6.04 Å². The van der Waals surface area contributed by atoms with E-state index in [-0.39, 0.29) is 18.0 Å². The Morgan fingerprint density at radius 1 is 1.50 bits per heavy atom. The molecule has 0 spiro atoms. The molecule has 1 aliphatic heterocycles. The third-order valence-corrected chi connectivity index (χ3v) is 5.42. The number of fused-ring (bicyclic) bond motifs is 1. The van der Waals surface area contributed by atoms with E-state index in [1.165, 1.54) is 31.2 Å². The number of carbonyl (C=O) groups excluding carboxylic acids is 1. The van der Waals surface area contributed by atoms with Gasteiger partial charge >= 0.3 is 0 Å². The van der Waals surface area contributed by atoms with Crippen LogP contribution in [0.1, 0.15) is 44.6 Å². The molecule has 4 atom stereocenters. The summed E-state index contributed by atoms with van der Waals surface area (Å²) >= 11 is 1.71. The van der Waals surface area contributed by atoms with E-state index in [1.54, 1.807) is 11.3 Å². The maximum absolute atomic E-state index is 12.4. The van der Waals surface area contributed by atoms with Crippen molar-refractivity contribution in [2.24, 2.45) is 5.92 Å². The molecule has 3 nitrogen and oxygen atoms in total. The summed E-state index contributed by atoms with van der Waals surface area (Å²) in [7, 11) is 0. The number of hydrogen-bond acceptors (Lipinski definition) is 3. The fourth-order valence-electron chi connectivity index (χ4n) is 3.68. The highest BCUT2D eigenvalue weighted by atomic mass is 32.1. The van der Waals surface area contributed by atoms with Crippen molar-refractivity contribution in [3.8, 4) is 0 Å². The first-order valence-corrected chi connectivity index (χ1v) is 8.74. The second-order valence-electron chi connectivity index (χ2n) is 6.35. The van der Waals surface area contributed by atoms with Crippen molar-refractivity contribution in [1.29, 1.82) is 0 Å². The maximum atomic E-state index is 12.4. The Morgan fingerprint density at radius 2 is 2.35 bits per heavy atom. The Labute approximate surface area is 125 Å². The number of amides is 1. The van der Waals surface area contributed by atoms with Gasteiger partial charge in [0.2, 0.25) is 5.91 Å². The summed E-state index contributed by atoms with van der Waals surface area (Å²) in [4.78, 5) is 12.4. The molecule has 1 aromatic heterocycles. The first-order chi connectivity index (χ1) is 9.72. The summed E-state index contributed by atoms with van der Waals surface area (Å²) in [6.07, 6.45) is 7.16. The standard InChI is InChI=1S/C16H24N2OS/c1-11(8-12-6-7-20-10-12)17-16(19)15-9-13-4-2-3-5-14(13)18-15/h6-7,10-11,13-15,18H,2-5,8-9H2,1H3,(H,17,19). The van der Waals surface area contributed by atoms with Crippen molar-refractivity contribution >= 4 is 17.2 Å². The molecule has 2 heterocycles. The third-order valence-electron chi connectivity index (χ3n) is 4.69. The van der Waals surface area contributed by atoms with Crippen LogP contribution in [0.3, 0.4) is 0 Å². The summed E-state index contributed by atoms with van der Waals surface area (Å²) in [6.45, 7) is 2.09. The van der Waals surface area contributed by atoms with E-state index < -0.39 is 0 Å². The molecule has 110 valence electrons. The predicted octanol–water partition coefficient (Wildman–Crippen LogP) is 2.72. The van der Waals surface area contributed by atoms with Gasteiger partial charge in [-0.1, -0.05) is 12.8 Å². The molecular formula is C16H24N2OS. The predicted molar refractivity (Wildman–Crippen MR) is 82.9 cm³/mol. The fraction of sp³-hybridized carbons (Fsp3) is 0.688. The molecule has 4 unspecified atom stereocenters. The molecule has 0 bridgehead atoms. The van der Waals surface area contributed by atoms with Gasteiger partial charge in [-0.15, -0.1) is 0 Å². The van der Waals surface area contributed by atoms with E-state index in [2.05, 4.69) is 34.4 Å². The van der Waals surface area contributed by atoms with E-state index >= 15 is 0 Å². The molecule has 4 heteroatoms. The smallest absolute Gasteiger partial charge is 0.237 e. The molecule has 1 amide bonds. The molecule has 1 saturated carbocycles. The Bertz CT molecular complexity index is 431. The zero-order valence-corrected chi connectivity index (χ0v) is 12.9. The largest absolute Gasteiger partial charge is 0.352 e. The Morgan fingerprint density at radius 3 is 3.10 bits per heavy atom. The summed E-state index contributed by atoms with van der Waals surface area (Å²) in [6, 6.07) is 2.97. The summed E-state index contributed by atoms with van der Waals surface area (Å²) in [5.74, 6) is 0.925. The number of hydrogen-bond donors (Lipinski definition) is 2. The first-order valence-electron chi connectivity index (χ1n) is 7.80. The van der Waals surface area contributed by atoms with Crippen molar-refractivity contribution < 1.29 is 4.79 Å². The second-order valence-corrected chi connectivity index (χ2v) is 7.13. The van der Waals surface area contributed by atoms with Gasteiger partial charge in [-0.05, 0) is 60.9 Å². The van der Waals surface area contributed by atoms with Crippen LogP contribution >= 0.6 is 11.3 Å². The van der Waals surface area contributed by atoms with Gasteiger partial charge in [0, 0.05) is 12.1 Å². The monoisotopic (exact) mass is 292 g/mol. The van der Waals surface area contributed by atoms with Crippen molar-refractivity contribution in [2.75, 3.05) is 0 Å². The average molecular weight is 292 g/mol. The van der Waals surface area contributed by atoms with Gasteiger partial charge in [0.25, 0.3) is 0 Å². The molecule has 1 aliphatic carbocycles. The summed E-state index contributed by atoms with van der Waals surface area (Å²) < 4.78 is 0. The summed E-state index contributed by atoms with van der Waals surface area (Å²) in [5.41, 5.74) is 1.32. The SMILES string of the molecule is CC(Cc1ccsc1)NC(=O)C1CC2CCCCC2N1. The van der Waals surface area contributed by atoms with Crippen molar-refractivity contribution in [3.63, 3.8) is 0 Å². The normalized spacial score (nSPS) is 30.8. The first kappa shape index (κ1) is 14.1. The highest BCUT2D eigenvalue weighted by molar-refractivity contribution is 7.07. The highest BCUT2D eigenvalue weighted by Gasteiger charge is 2.38. The molecular weight excluding hydrogens is 268 g/mol. The van der Waals surface area contributed by atoms with E-state index in [0.717, 1.165) is 18.8 Å². The van der Waals surface area contributed by atoms with E-state index in [4.69, 9.17) is 0 Å². The summed E-state index contributed by atoms with van der Waals surface area (Å²) in [5, 5.41) is 11.0. The lowest BCUT2D eigenvalue weighted by molar-refractivity contribution is -0.123. The molecule has 1 aromatic rings. The average Bonchev–Trinajstić information content (AvgIpc) is 3.06. The lowest BCUT2D eigenvalue weighted by Crippen LogP contribution is -2.46. The van der Waals surface area contributed by atoms with Gasteiger partial charge in [0.1, 0.15) is 0 Å². The van der Waals surface area contributed by atoms with Crippen LogP contribution in [0.2, 0.25) is 0 Å². The van der Waals surface area contributed by atoms with Crippen LogP contribution in [0.25, 0.3) is 0 Å². The van der Waals surface area contributed by atoms with E-state index in [0.29, 0.717) is 6.04 Å². The number of carbonyl (C=O) groups is 1. The minimum atomic E-state index is 0.0352. The lowest BCUT2D eigenvalue weighted by atomic mass is 9.85. The van der Waals surface area contributed by atoms with Crippen LogP contribution in [0, 0.1) is 5.92 Å². The zero-order chi connectivity index (χ0) is 13.9.